The maximum absolute atomic E-state index is 6.23. The average Bonchev–Trinajstić information content (AvgIpc) is 3.32. The number of ether oxygens (including phenoxy) is 4. The van der Waals surface area contributed by atoms with E-state index in [0.29, 0.717) is 42.4 Å². The number of rotatable bonds is 9. The van der Waals surface area contributed by atoms with Crippen LogP contribution in [-0.4, -0.2) is 40.4 Å². The highest BCUT2D eigenvalue weighted by atomic mass is 127. The monoisotopic (exact) mass is 555 g/mol. The maximum Gasteiger partial charge on any atom is 0.203 e. The van der Waals surface area contributed by atoms with Crippen LogP contribution in [0.1, 0.15) is 36.8 Å². The van der Waals surface area contributed by atoms with Crippen molar-refractivity contribution in [3.63, 3.8) is 0 Å². The van der Waals surface area contributed by atoms with Crippen molar-refractivity contribution in [2.45, 2.75) is 44.9 Å². The predicted octanol–water partition coefficient (Wildman–Crippen LogP) is 4.52. The number of guanidine groups is 1. The van der Waals surface area contributed by atoms with Gasteiger partial charge in [-0.25, -0.2) is 0 Å². The topological polar surface area (TPSA) is 73.3 Å². The molecule has 7 nitrogen and oxygen atoms in total. The molecule has 1 aliphatic carbocycles. The third-order valence-electron chi connectivity index (χ3n) is 5.42. The molecule has 0 heterocycles. The van der Waals surface area contributed by atoms with Crippen LogP contribution in [0.3, 0.4) is 0 Å². The molecule has 0 radical (unpaired) electrons. The minimum Gasteiger partial charge on any atom is -0.493 e. The Morgan fingerprint density at radius 3 is 2.12 bits per heavy atom. The van der Waals surface area contributed by atoms with Crippen LogP contribution < -0.4 is 29.6 Å². The molecule has 2 aromatic carbocycles. The van der Waals surface area contributed by atoms with Crippen molar-refractivity contribution in [1.82, 2.24) is 10.6 Å². The molecule has 0 spiro atoms. The lowest BCUT2D eigenvalue weighted by Gasteiger charge is -2.18. The summed E-state index contributed by atoms with van der Waals surface area (Å²) in [6.45, 7) is 1.18. The zero-order valence-electron chi connectivity index (χ0n) is 19.3. The first-order valence-corrected chi connectivity index (χ1v) is 10.7. The fourth-order valence-electron chi connectivity index (χ4n) is 3.77. The largest absolute Gasteiger partial charge is 0.493 e. The number of benzene rings is 2. The predicted molar refractivity (Wildman–Crippen MR) is 138 cm³/mol. The summed E-state index contributed by atoms with van der Waals surface area (Å²) in [6, 6.07) is 12.0. The van der Waals surface area contributed by atoms with Crippen molar-refractivity contribution < 1.29 is 18.9 Å². The molecule has 0 aliphatic heterocycles. The van der Waals surface area contributed by atoms with Crippen molar-refractivity contribution >= 4 is 29.9 Å². The molecule has 8 heteroatoms. The van der Waals surface area contributed by atoms with E-state index >= 15 is 0 Å². The number of nitrogens with zero attached hydrogens (tertiary/aromatic N) is 1. The highest BCUT2D eigenvalue weighted by Crippen LogP contribution is 2.38. The maximum atomic E-state index is 6.23. The summed E-state index contributed by atoms with van der Waals surface area (Å²) < 4.78 is 22.5. The number of para-hydroxylation sites is 1. The van der Waals surface area contributed by atoms with Crippen molar-refractivity contribution in [3.05, 3.63) is 47.5 Å². The Balaban J connectivity index is 0.00000363. The molecule has 176 valence electrons. The fraction of sp³-hybridized carbons (Fsp3) is 0.458. The van der Waals surface area contributed by atoms with Gasteiger partial charge in [-0.05, 0) is 49.4 Å². The molecule has 1 saturated carbocycles. The lowest BCUT2D eigenvalue weighted by atomic mass is 10.1. The summed E-state index contributed by atoms with van der Waals surface area (Å²) in [6.07, 6.45) is 5.11. The zero-order valence-corrected chi connectivity index (χ0v) is 21.6. The Kier molecular flexibility index (Phi) is 10.7. The normalized spacial score (nSPS) is 13.8. The highest BCUT2D eigenvalue weighted by Gasteiger charge is 2.18. The highest BCUT2D eigenvalue weighted by molar-refractivity contribution is 14.0. The van der Waals surface area contributed by atoms with E-state index in [1.807, 2.05) is 30.3 Å². The van der Waals surface area contributed by atoms with Crippen LogP contribution >= 0.6 is 24.0 Å². The molecule has 2 aromatic rings. The van der Waals surface area contributed by atoms with E-state index in [1.165, 1.54) is 12.8 Å². The molecular formula is C24H34IN3O4. The van der Waals surface area contributed by atoms with Gasteiger partial charge in [0.05, 0.1) is 27.4 Å². The van der Waals surface area contributed by atoms with Crippen LogP contribution in [0.5, 0.6) is 23.0 Å². The van der Waals surface area contributed by atoms with Crippen LogP contribution in [0.25, 0.3) is 0 Å². The van der Waals surface area contributed by atoms with Crippen LogP contribution in [0, 0.1) is 0 Å². The van der Waals surface area contributed by atoms with E-state index in [4.69, 9.17) is 18.9 Å². The van der Waals surface area contributed by atoms with Crippen molar-refractivity contribution in [1.29, 1.82) is 0 Å². The molecule has 1 fully saturated rings. The first-order chi connectivity index (χ1) is 15.2. The average molecular weight is 555 g/mol. The molecule has 32 heavy (non-hydrogen) atoms. The van der Waals surface area contributed by atoms with Gasteiger partial charge in [-0.2, -0.15) is 0 Å². The second kappa shape index (κ2) is 13.2. The first-order valence-electron chi connectivity index (χ1n) is 10.7. The lowest BCUT2D eigenvalue weighted by molar-refractivity contribution is 0.208. The minimum atomic E-state index is 0. The quantitative estimate of drug-likeness (QED) is 0.270. The Labute approximate surface area is 207 Å². The summed E-state index contributed by atoms with van der Waals surface area (Å²) in [5.41, 5.74) is 2.10. The Bertz CT molecular complexity index is 860. The summed E-state index contributed by atoms with van der Waals surface area (Å²) in [5, 5.41) is 6.71. The molecule has 0 atom stereocenters. The van der Waals surface area contributed by atoms with Crippen LogP contribution in [0.4, 0.5) is 0 Å². The number of aliphatic imine (C=N–C) groups is 1. The molecule has 2 N–H and O–H groups in total. The Morgan fingerprint density at radius 1 is 0.906 bits per heavy atom. The number of nitrogens with one attached hydrogen (secondary N) is 2. The van der Waals surface area contributed by atoms with Gasteiger partial charge in [-0.3, -0.25) is 4.99 Å². The molecule has 0 bridgehead atoms. The van der Waals surface area contributed by atoms with E-state index < -0.39 is 0 Å². The number of hydrogen-bond donors (Lipinski definition) is 2. The van der Waals surface area contributed by atoms with Gasteiger partial charge in [-0.1, -0.05) is 18.2 Å². The van der Waals surface area contributed by atoms with Gasteiger partial charge in [0, 0.05) is 25.7 Å². The Hall–Kier alpha value is -2.36. The first kappa shape index (κ1) is 25.9. The second-order valence-electron chi connectivity index (χ2n) is 7.44. The van der Waals surface area contributed by atoms with E-state index in [-0.39, 0.29) is 24.0 Å². The zero-order chi connectivity index (χ0) is 22.1. The van der Waals surface area contributed by atoms with Crippen LogP contribution in [0.15, 0.2) is 41.4 Å². The third kappa shape index (κ3) is 6.82. The molecular weight excluding hydrogens is 521 g/mol. The summed E-state index contributed by atoms with van der Waals surface area (Å²) >= 11 is 0. The van der Waals surface area contributed by atoms with Gasteiger partial charge in [0.2, 0.25) is 5.75 Å². The standard InChI is InChI=1S/C24H33N3O4.HI/c1-25-24(26-15-17-13-21(28-2)23(30-4)22(14-17)29-3)27-16-18-9-5-8-12-20(18)31-19-10-6-7-11-19;/h5,8-9,12-14,19H,6-7,10-11,15-16H2,1-4H3,(H2,25,26,27);1H. The van der Waals surface area contributed by atoms with Gasteiger partial charge >= 0.3 is 0 Å². The molecule has 0 saturated heterocycles. The van der Waals surface area contributed by atoms with Gasteiger partial charge < -0.3 is 29.6 Å². The van der Waals surface area contributed by atoms with Gasteiger partial charge in [0.15, 0.2) is 17.5 Å². The second-order valence-corrected chi connectivity index (χ2v) is 7.44. The third-order valence-corrected chi connectivity index (χ3v) is 5.42. The summed E-state index contributed by atoms with van der Waals surface area (Å²) in [7, 11) is 6.57. The van der Waals surface area contributed by atoms with Gasteiger partial charge in [0.25, 0.3) is 0 Å². The molecule has 3 rings (SSSR count). The summed E-state index contributed by atoms with van der Waals surface area (Å²) in [5.74, 6) is 3.47. The molecule has 0 aromatic heterocycles. The fourth-order valence-corrected chi connectivity index (χ4v) is 3.77. The van der Waals surface area contributed by atoms with Crippen LogP contribution in [0.2, 0.25) is 0 Å². The van der Waals surface area contributed by atoms with Crippen molar-refractivity contribution in [2.75, 3.05) is 28.4 Å². The Morgan fingerprint density at radius 2 is 1.53 bits per heavy atom. The van der Waals surface area contributed by atoms with Crippen LogP contribution in [-0.2, 0) is 13.1 Å². The van der Waals surface area contributed by atoms with E-state index in [1.54, 1.807) is 28.4 Å². The van der Waals surface area contributed by atoms with E-state index in [9.17, 15) is 0 Å². The van der Waals surface area contributed by atoms with Crippen molar-refractivity contribution in [2.24, 2.45) is 4.99 Å². The SMILES string of the molecule is CN=C(NCc1cc(OC)c(OC)c(OC)c1)NCc1ccccc1OC1CCCC1.I. The van der Waals surface area contributed by atoms with Gasteiger partial charge in [-0.15, -0.1) is 24.0 Å². The molecule has 0 unspecified atom stereocenters. The van der Waals surface area contributed by atoms with Gasteiger partial charge in [0.1, 0.15) is 5.75 Å². The number of halogens is 1. The molecule has 1 aliphatic rings. The van der Waals surface area contributed by atoms with E-state index in [0.717, 1.165) is 29.7 Å². The lowest BCUT2D eigenvalue weighted by Crippen LogP contribution is -2.36. The smallest absolute Gasteiger partial charge is 0.203 e. The summed E-state index contributed by atoms with van der Waals surface area (Å²) in [4.78, 5) is 4.34. The minimum absolute atomic E-state index is 0. The van der Waals surface area contributed by atoms with Crippen molar-refractivity contribution in [3.8, 4) is 23.0 Å². The number of methoxy groups -OCH3 is 3. The van der Waals surface area contributed by atoms with E-state index in [2.05, 4.69) is 21.7 Å². The number of hydrogen-bond acceptors (Lipinski definition) is 5. The molecule has 0 amide bonds.